The van der Waals surface area contributed by atoms with Crippen molar-refractivity contribution in [2.75, 3.05) is 13.2 Å². The first-order chi connectivity index (χ1) is 13.7. The maximum atomic E-state index is 13.0. The lowest BCUT2D eigenvalue weighted by Gasteiger charge is -2.29. The predicted molar refractivity (Wildman–Crippen MR) is 116 cm³/mol. The molecule has 2 aromatic rings. The summed E-state index contributed by atoms with van der Waals surface area (Å²) in [6, 6.07) is 10.6. The van der Waals surface area contributed by atoms with E-state index in [2.05, 4.69) is 11.4 Å². The number of halogens is 1. The van der Waals surface area contributed by atoms with Gasteiger partial charge in [-0.15, -0.1) is 0 Å². The lowest BCUT2D eigenvalue weighted by atomic mass is 10.1. The van der Waals surface area contributed by atoms with Crippen LogP contribution in [-0.2, 0) is 16.1 Å². The average molecular weight is 417 g/mol. The second kappa shape index (κ2) is 10.3. The minimum absolute atomic E-state index is 0.155. The number of benzene rings is 2. The third kappa shape index (κ3) is 5.97. The second-order valence-electron chi connectivity index (χ2n) is 7.18. The minimum atomic E-state index is -0.650. The summed E-state index contributed by atoms with van der Waals surface area (Å²) < 4.78 is 5.84. The Morgan fingerprint density at radius 3 is 2.52 bits per heavy atom. The van der Waals surface area contributed by atoms with Crippen molar-refractivity contribution in [3.05, 3.63) is 63.7 Å². The molecular formula is C23H29ClN2O3. The monoisotopic (exact) mass is 416 g/mol. The van der Waals surface area contributed by atoms with Crippen molar-refractivity contribution >= 4 is 23.4 Å². The van der Waals surface area contributed by atoms with E-state index in [9.17, 15) is 9.59 Å². The van der Waals surface area contributed by atoms with E-state index < -0.39 is 6.04 Å². The van der Waals surface area contributed by atoms with Gasteiger partial charge in [-0.05, 0) is 69.0 Å². The maximum absolute atomic E-state index is 13.0. The number of amides is 2. The number of hydrogen-bond acceptors (Lipinski definition) is 3. The highest BCUT2D eigenvalue weighted by molar-refractivity contribution is 6.31. The van der Waals surface area contributed by atoms with Crippen LogP contribution in [0.5, 0.6) is 5.75 Å². The SMILES string of the molecule is CCNC(=O)[C@@H](C)N(Cc1ccccc1Cl)C(=O)COc1cc(C)cc(C)c1C. The van der Waals surface area contributed by atoms with Gasteiger partial charge in [-0.25, -0.2) is 0 Å². The van der Waals surface area contributed by atoms with E-state index in [1.165, 1.54) is 4.90 Å². The van der Waals surface area contributed by atoms with Crippen molar-refractivity contribution in [1.29, 1.82) is 0 Å². The van der Waals surface area contributed by atoms with Gasteiger partial charge in [0.1, 0.15) is 11.8 Å². The fraction of sp³-hybridized carbons (Fsp3) is 0.391. The van der Waals surface area contributed by atoms with Crippen LogP contribution in [0.2, 0.25) is 5.02 Å². The third-order valence-electron chi connectivity index (χ3n) is 4.93. The minimum Gasteiger partial charge on any atom is -0.483 e. The Morgan fingerprint density at radius 2 is 1.86 bits per heavy atom. The van der Waals surface area contributed by atoms with Crippen molar-refractivity contribution in [3.63, 3.8) is 0 Å². The Hall–Kier alpha value is -2.53. The number of ether oxygens (including phenoxy) is 1. The highest BCUT2D eigenvalue weighted by atomic mass is 35.5. The standard InChI is InChI=1S/C23H29ClN2O3/c1-6-25-23(28)18(5)26(13-19-9-7-8-10-20(19)24)22(27)14-29-21-12-15(2)11-16(3)17(21)4/h7-12,18H,6,13-14H2,1-5H3,(H,25,28)/t18-/m1/s1. The summed E-state index contributed by atoms with van der Waals surface area (Å²) >= 11 is 6.28. The van der Waals surface area contributed by atoms with Gasteiger partial charge in [0.05, 0.1) is 0 Å². The molecule has 0 fully saturated rings. The molecule has 1 N–H and O–H groups in total. The highest BCUT2D eigenvalue weighted by Crippen LogP contribution is 2.24. The Morgan fingerprint density at radius 1 is 1.17 bits per heavy atom. The zero-order valence-electron chi connectivity index (χ0n) is 17.7. The Labute approximate surface area is 178 Å². The van der Waals surface area contributed by atoms with Gasteiger partial charge < -0.3 is 15.0 Å². The lowest BCUT2D eigenvalue weighted by Crippen LogP contribution is -2.49. The zero-order chi connectivity index (χ0) is 21.6. The van der Waals surface area contributed by atoms with Gasteiger partial charge in [0, 0.05) is 18.1 Å². The average Bonchev–Trinajstić information content (AvgIpc) is 2.68. The van der Waals surface area contributed by atoms with Gasteiger partial charge in [0.2, 0.25) is 5.91 Å². The largest absolute Gasteiger partial charge is 0.483 e. The number of carbonyl (C=O) groups excluding carboxylic acids is 2. The number of likely N-dealkylation sites (N-methyl/N-ethyl adjacent to an activating group) is 1. The fourth-order valence-electron chi connectivity index (χ4n) is 3.09. The van der Waals surface area contributed by atoms with Crippen LogP contribution in [0.4, 0.5) is 0 Å². The molecule has 0 saturated heterocycles. The normalized spacial score (nSPS) is 11.7. The molecule has 0 spiro atoms. The van der Waals surface area contributed by atoms with Gasteiger partial charge in [-0.2, -0.15) is 0 Å². The number of nitrogens with zero attached hydrogens (tertiary/aromatic N) is 1. The molecule has 2 aromatic carbocycles. The van der Waals surface area contributed by atoms with Gasteiger partial charge in [0.15, 0.2) is 6.61 Å². The molecule has 0 radical (unpaired) electrons. The smallest absolute Gasteiger partial charge is 0.261 e. The van der Waals surface area contributed by atoms with E-state index in [1.807, 2.05) is 52.0 Å². The van der Waals surface area contributed by atoms with Crippen LogP contribution in [0.1, 0.15) is 36.1 Å². The quantitative estimate of drug-likeness (QED) is 0.701. The Balaban J connectivity index is 2.22. The molecule has 5 nitrogen and oxygen atoms in total. The van der Waals surface area contributed by atoms with Crippen molar-refractivity contribution in [2.24, 2.45) is 0 Å². The maximum Gasteiger partial charge on any atom is 0.261 e. The number of nitrogens with one attached hydrogen (secondary N) is 1. The van der Waals surface area contributed by atoms with Crippen LogP contribution in [-0.4, -0.2) is 35.9 Å². The summed E-state index contributed by atoms with van der Waals surface area (Å²) in [5, 5.41) is 3.33. The van der Waals surface area contributed by atoms with E-state index in [-0.39, 0.29) is 25.0 Å². The molecule has 0 heterocycles. The number of rotatable bonds is 8. The van der Waals surface area contributed by atoms with Crippen molar-refractivity contribution in [2.45, 2.75) is 47.2 Å². The number of hydrogen-bond donors (Lipinski definition) is 1. The first-order valence-corrected chi connectivity index (χ1v) is 10.1. The molecule has 0 bridgehead atoms. The van der Waals surface area contributed by atoms with Crippen molar-refractivity contribution in [1.82, 2.24) is 10.2 Å². The molecule has 0 aliphatic carbocycles. The molecule has 6 heteroatoms. The first kappa shape index (κ1) is 22.8. The lowest BCUT2D eigenvalue weighted by molar-refractivity contribution is -0.142. The molecule has 0 aliphatic rings. The van der Waals surface area contributed by atoms with Gasteiger partial charge in [0.25, 0.3) is 5.91 Å². The van der Waals surface area contributed by atoms with Crippen LogP contribution < -0.4 is 10.1 Å². The van der Waals surface area contributed by atoms with Crippen molar-refractivity contribution < 1.29 is 14.3 Å². The molecule has 0 unspecified atom stereocenters. The Bertz CT molecular complexity index is 882. The van der Waals surface area contributed by atoms with E-state index in [0.717, 1.165) is 22.3 Å². The molecule has 2 amide bonds. The topological polar surface area (TPSA) is 58.6 Å². The molecule has 2 rings (SSSR count). The molecule has 29 heavy (non-hydrogen) atoms. The predicted octanol–water partition coefficient (Wildman–Crippen LogP) is 4.20. The third-order valence-corrected chi connectivity index (χ3v) is 5.30. The van der Waals surface area contributed by atoms with E-state index in [0.29, 0.717) is 17.3 Å². The zero-order valence-corrected chi connectivity index (χ0v) is 18.5. The van der Waals surface area contributed by atoms with Crippen molar-refractivity contribution in [3.8, 4) is 5.75 Å². The van der Waals surface area contributed by atoms with E-state index in [1.54, 1.807) is 13.0 Å². The summed E-state index contributed by atoms with van der Waals surface area (Å²) in [6.07, 6.45) is 0. The van der Waals surface area contributed by atoms with Gasteiger partial charge in [-0.3, -0.25) is 9.59 Å². The van der Waals surface area contributed by atoms with Gasteiger partial charge in [-0.1, -0.05) is 35.9 Å². The molecular weight excluding hydrogens is 388 g/mol. The molecule has 1 atom stereocenters. The van der Waals surface area contributed by atoms with E-state index >= 15 is 0 Å². The molecule has 0 aromatic heterocycles. The molecule has 156 valence electrons. The Kier molecular flexibility index (Phi) is 8.09. The summed E-state index contributed by atoms with van der Waals surface area (Å²) in [6.45, 7) is 10.1. The molecule has 0 saturated carbocycles. The number of carbonyl (C=O) groups is 2. The highest BCUT2D eigenvalue weighted by Gasteiger charge is 2.27. The number of aryl methyl sites for hydroxylation is 2. The summed E-state index contributed by atoms with van der Waals surface area (Å²) in [5.74, 6) is 0.192. The van der Waals surface area contributed by atoms with E-state index in [4.69, 9.17) is 16.3 Å². The van der Waals surface area contributed by atoms with Crippen LogP contribution in [0.25, 0.3) is 0 Å². The first-order valence-electron chi connectivity index (χ1n) is 9.75. The van der Waals surface area contributed by atoms with Crippen LogP contribution in [0.3, 0.4) is 0 Å². The van der Waals surface area contributed by atoms with Gasteiger partial charge >= 0.3 is 0 Å². The van der Waals surface area contributed by atoms with Crippen LogP contribution >= 0.6 is 11.6 Å². The summed E-state index contributed by atoms with van der Waals surface area (Å²) in [5.41, 5.74) is 3.95. The second-order valence-corrected chi connectivity index (χ2v) is 7.58. The fourth-order valence-corrected chi connectivity index (χ4v) is 3.28. The van der Waals surface area contributed by atoms with Crippen LogP contribution in [0.15, 0.2) is 36.4 Å². The molecule has 0 aliphatic heterocycles. The summed E-state index contributed by atoms with van der Waals surface area (Å²) in [7, 11) is 0. The van der Waals surface area contributed by atoms with Crippen LogP contribution in [0, 0.1) is 20.8 Å². The summed E-state index contributed by atoms with van der Waals surface area (Å²) in [4.78, 5) is 26.9.